The van der Waals surface area contributed by atoms with Gasteiger partial charge in [0.25, 0.3) is 0 Å². The summed E-state index contributed by atoms with van der Waals surface area (Å²) in [4.78, 5) is 11.6. The molecule has 0 aromatic heterocycles. The summed E-state index contributed by atoms with van der Waals surface area (Å²) in [6, 6.07) is 19.3. The van der Waals surface area contributed by atoms with Crippen molar-refractivity contribution in [2.75, 3.05) is 13.1 Å². The van der Waals surface area contributed by atoms with Crippen LogP contribution in [0, 0.1) is 0 Å². The first-order valence-corrected chi connectivity index (χ1v) is 7.54. The fourth-order valence-electron chi connectivity index (χ4n) is 2.19. The summed E-state index contributed by atoms with van der Waals surface area (Å²) in [5, 5.41) is 15.6. The average Bonchev–Trinajstić information content (AvgIpc) is 2.56. The SMILES string of the molecule is O=C(NCCc1ccccc1)NCC[C@@H](O)c1ccccc1. The first-order chi connectivity index (χ1) is 10.8. The predicted molar refractivity (Wildman–Crippen MR) is 87.6 cm³/mol. The Morgan fingerprint density at radius 1 is 0.909 bits per heavy atom. The molecule has 3 N–H and O–H groups in total. The van der Waals surface area contributed by atoms with E-state index in [1.54, 1.807) is 0 Å². The molecule has 1 atom stereocenters. The molecule has 2 amide bonds. The number of aliphatic hydroxyl groups excluding tert-OH is 1. The number of hydrogen-bond donors (Lipinski definition) is 3. The van der Waals surface area contributed by atoms with Crippen LogP contribution in [0.25, 0.3) is 0 Å². The number of urea groups is 1. The molecule has 0 bridgehead atoms. The largest absolute Gasteiger partial charge is 0.388 e. The third-order valence-electron chi connectivity index (χ3n) is 3.43. The Hall–Kier alpha value is -2.33. The minimum absolute atomic E-state index is 0.198. The summed E-state index contributed by atoms with van der Waals surface area (Å²) in [5.41, 5.74) is 2.07. The first kappa shape index (κ1) is 16.0. The lowest BCUT2D eigenvalue weighted by atomic mass is 10.1. The van der Waals surface area contributed by atoms with Crippen molar-refractivity contribution in [3.63, 3.8) is 0 Å². The van der Waals surface area contributed by atoms with E-state index < -0.39 is 6.10 Å². The topological polar surface area (TPSA) is 61.4 Å². The van der Waals surface area contributed by atoms with E-state index in [0.29, 0.717) is 19.5 Å². The second kappa shape index (κ2) is 8.85. The zero-order valence-corrected chi connectivity index (χ0v) is 12.5. The van der Waals surface area contributed by atoms with Crippen LogP contribution < -0.4 is 10.6 Å². The van der Waals surface area contributed by atoms with E-state index in [-0.39, 0.29) is 6.03 Å². The van der Waals surface area contributed by atoms with Crippen molar-refractivity contribution in [2.24, 2.45) is 0 Å². The number of amides is 2. The molecule has 0 heterocycles. The van der Waals surface area contributed by atoms with Gasteiger partial charge in [0.05, 0.1) is 6.10 Å². The quantitative estimate of drug-likeness (QED) is 0.736. The second-order valence-electron chi connectivity index (χ2n) is 5.13. The van der Waals surface area contributed by atoms with Gasteiger partial charge in [0.15, 0.2) is 0 Å². The first-order valence-electron chi connectivity index (χ1n) is 7.54. The van der Waals surface area contributed by atoms with E-state index in [1.807, 2.05) is 60.7 Å². The fraction of sp³-hybridized carbons (Fsp3) is 0.278. The molecule has 22 heavy (non-hydrogen) atoms. The van der Waals surface area contributed by atoms with E-state index in [4.69, 9.17) is 0 Å². The van der Waals surface area contributed by atoms with E-state index in [1.165, 1.54) is 5.56 Å². The number of rotatable bonds is 7. The molecule has 4 heteroatoms. The normalized spacial score (nSPS) is 11.7. The standard InChI is InChI=1S/C18H22N2O2/c21-17(16-9-5-2-6-10-16)12-14-20-18(22)19-13-11-15-7-3-1-4-8-15/h1-10,17,21H,11-14H2,(H2,19,20,22)/t17-/m1/s1. The van der Waals surface area contributed by atoms with Crippen LogP contribution in [0.4, 0.5) is 4.79 Å². The highest BCUT2D eigenvalue weighted by atomic mass is 16.3. The summed E-state index contributed by atoms with van der Waals surface area (Å²) in [7, 11) is 0. The Labute approximate surface area is 131 Å². The number of nitrogens with one attached hydrogen (secondary N) is 2. The van der Waals surface area contributed by atoms with Gasteiger partial charge >= 0.3 is 6.03 Å². The van der Waals surface area contributed by atoms with Gasteiger partial charge in [0, 0.05) is 13.1 Å². The monoisotopic (exact) mass is 298 g/mol. The highest BCUT2D eigenvalue weighted by molar-refractivity contribution is 5.73. The van der Waals surface area contributed by atoms with E-state index >= 15 is 0 Å². The Morgan fingerprint density at radius 2 is 1.50 bits per heavy atom. The van der Waals surface area contributed by atoms with Gasteiger partial charge in [-0.3, -0.25) is 0 Å². The molecule has 0 fully saturated rings. The van der Waals surface area contributed by atoms with Gasteiger partial charge < -0.3 is 15.7 Å². The summed E-state index contributed by atoms with van der Waals surface area (Å²) in [6.45, 7) is 1.03. The molecule has 2 aromatic carbocycles. The zero-order valence-electron chi connectivity index (χ0n) is 12.5. The molecule has 0 saturated heterocycles. The number of hydrogen-bond acceptors (Lipinski definition) is 2. The minimum Gasteiger partial charge on any atom is -0.388 e. The molecule has 0 saturated carbocycles. The van der Waals surface area contributed by atoms with Crippen molar-refractivity contribution in [2.45, 2.75) is 18.9 Å². The molecule has 0 aliphatic carbocycles. The van der Waals surface area contributed by atoms with Gasteiger partial charge in [-0.15, -0.1) is 0 Å². The maximum Gasteiger partial charge on any atom is 0.314 e. The fourth-order valence-corrected chi connectivity index (χ4v) is 2.19. The number of carbonyl (C=O) groups excluding carboxylic acids is 1. The van der Waals surface area contributed by atoms with Gasteiger partial charge in [-0.1, -0.05) is 60.7 Å². The molecule has 0 aliphatic heterocycles. The van der Waals surface area contributed by atoms with Crippen molar-refractivity contribution in [1.29, 1.82) is 0 Å². The van der Waals surface area contributed by atoms with Crippen LogP contribution in [-0.4, -0.2) is 24.2 Å². The molecule has 0 spiro atoms. The lowest BCUT2D eigenvalue weighted by Crippen LogP contribution is -2.37. The number of benzene rings is 2. The average molecular weight is 298 g/mol. The highest BCUT2D eigenvalue weighted by Gasteiger charge is 2.07. The van der Waals surface area contributed by atoms with Gasteiger partial charge in [-0.2, -0.15) is 0 Å². The molecule has 4 nitrogen and oxygen atoms in total. The van der Waals surface area contributed by atoms with E-state index in [9.17, 15) is 9.90 Å². The maximum absolute atomic E-state index is 11.6. The molecule has 2 aromatic rings. The van der Waals surface area contributed by atoms with Crippen molar-refractivity contribution in [3.05, 3.63) is 71.8 Å². The summed E-state index contributed by atoms with van der Waals surface area (Å²) in [6.07, 6.45) is 0.752. The lowest BCUT2D eigenvalue weighted by molar-refractivity contribution is 0.167. The second-order valence-corrected chi connectivity index (χ2v) is 5.13. The maximum atomic E-state index is 11.6. The molecule has 2 rings (SSSR count). The number of aliphatic hydroxyl groups is 1. The highest BCUT2D eigenvalue weighted by Crippen LogP contribution is 2.14. The predicted octanol–water partition coefficient (Wildman–Crippen LogP) is 2.65. The van der Waals surface area contributed by atoms with E-state index in [0.717, 1.165) is 12.0 Å². The van der Waals surface area contributed by atoms with Crippen LogP contribution in [-0.2, 0) is 6.42 Å². The van der Waals surface area contributed by atoms with Crippen LogP contribution in [0.1, 0.15) is 23.7 Å². The molecule has 0 aliphatic rings. The molecule has 116 valence electrons. The van der Waals surface area contributed by atoms with Crippen molar-refractivity contribution in [3.8, 4) is 0 Å². The molecular formula is C18H22N2O2. The van der Waals surface area contributed by atoms with Crippen LogP contribution in [0.5, 0.6) is 0 Å². The summed E-state index contributed by atoms with van der Waals surface area (Å²) in [5.74, 6) is 0. The molecule has 0 radical (unpaired) electrons. The Balaban J connectivity index is 1.60. The van der Waals surface area contributed by atoms with Gasteiger partial charge in [0.2, 0.25) is 0 Å². The van der Waals surface area contributed by atoms with Gasteiger partial charge in [-0.05, 0) is 24.0 Å². The third-order valence-corrected chi connectivity index (χ3v) is 3.43. The smallest absolute Gasteiger partial charge is 0.314 e. The lowest BCUT2D eigenvalue weighted by Gasteiger charge is -2.12. The zero-order chi connectivity index (χ0) is 15.6. The Morgan fingerprint density at radius 3 is 2.18 bits per heavy atom. The van der Waals surface area contributed by atoms with Crippen LogP contribution in [0.3, 0.4) is 0 Å². The Bertz CT molecular complexity index is 558. The van der Waals surface area contributed by atoms with Crippen LogP contribution in [0.15, 0.2) is 60.7 Å². The van der Waals surface area contributed by atoms with Crippen molar-refractivity contribution in [1.82, 2.24) is 10.6 Å². The number of carbonyl (C=O) groups is 1. The van der Waals surface area contributed by atoms with Crippen LogP contribution in [0.2, 0.25) is 0 Å². The van der Waals surface area contributed by atoms with Crippen molar-refractivity contribution < 1.29 is 9.90 Å². The van der Waals surface area contributed by atoms with Gasteiger partial charge in [-0.25, -0.2) is 4.79 Å². The third kappa shape index (κ3) is 5.58. The molecular weight excluding hydrogens is 276 g/mol. The van der Waals surface area contributed by atoms with E-state index in [2.05, 4.69) is 10.6 Å². The van der Waals surface area contributed by atoms with Crippen molar-refractivity contribution >= 4 is 6.03 Å². The summed E-state index contributed by atoms with van der Waals surface area (Å²) < 4.78 is 0. The van der Waals surface area contributed by atoms with Crippen LogP contribution >= 0.6 is 0 Å². The summed E-state index contributed by atoms with van der Waals surface area (Å²) >= 11 is 0. The minimum atomic E-state index is -0.550. The van der Waals surface area contributed by atoms with Gasteiger partial charge in [0.1, 0.15) is 0 Å². The Kier molecular flexibility index (Phi) is 6.45. The molecule has 0 unspecified atom stereocenters.